The Morgan fingerprint density at radius 1 is 1.62 bits per heavy atom. The molecule has 0 saturated heterocycles. The molecule has 2 N–H and O–H groups in total. The molecule has 90 valence electrons. The van der Waals surface area contributed by atoms with Crippen molar-refractivity contribution in [3.05, 3.63) is 18.0 Å². The first-order valence-corrected chi connectivity index (χ1v) is 5.60. The molecule has 0 saturated carbocycles. The number of aromatic nitrogens is 2. The molecule has 5 nitrogen and oxygen atoms in total. The Labute approximate surface area is 97.0 Å². The van der Waals surface area contributed by atoms with Crippen molar-refractivity contribution in [3.63, 3.8) is 0 Å². The van der Waals surface area contributed by atoms with Gasteiger partial charge in [-0.15, -0.1) is 0 Å². The fourth-order valence-corrected chi connectivity index (χ4v) is 1.28. The van der Waals surface area contributed by atoms with Crippen molar-refractivity contribution in [3.8, 4) is 0 Å². The first-order chi connectivity index (χ1) is 7.65. The zero-order valence-electron chi connectivity index (χ0n) is 10.5. The molecule has 0 bridgehead atoms. The Kier molecular flexibility index (Phi) is 4.82. The molecular formula is C11H21N5. The Balaban J connectivity index is 2.40. The lowest BCUT2D eigenvalue weighted by Gasteiger charge is -2.15. The van der Waals surface area contributed by atoms with Crippen molar-refractivity contribution >= 4 is 5.96 Å². The van der Waals surface area contributed by atoms with E-state index in [0.717, 1.165) is 24.5 Å². The number of aryl methyl sites for hydroxylation is 1. The van der Waals surface area contributed by atoms with Crippen LogP contribution >= 0.6 is 0 Å². The molecule has 0 amide bonds. The summed E-state index contributed by atoms with van der Waals surface area (Å²) in [5.74, 6) is 0.832. The van der Waals surface area contributed by atoms with Gasteiger partial charge in [-0.2, -0.15) is 5.10 Å². The summed E-state index contributed by atoms with van der Waals surface area (Å²) in [6, 6.07) is 0.431. The van der Waals surface area contributed by atoms with E-state index in [1.807, 2.05) is 19.4 Å². The van der Waals surface area contributed by atoms with Crippen LogP contribution in [0.25, 0.3) is 0 Å². The number of nitrogens with zero attached hydrogens (tertiary/aromatic N) is 3. The van der Waals surface area contributed by atoms with E-state index in [2.05, 4.69) is 34.6 Å². The van der Waals surface area contributed by atoms with Gasteiger partial charge >= 0.3 is 0 Å². The third-order valence-corrected chi connectivity index (χ3v) is 2.44. The van der Waals surface area contributed by atoms with Gasteiger partial charge in [0.1, 0.15) is 0 Å². The molecule has 1 unspecified atom stereocenters. The Hall–Kier alpha value is -1.52. The van der Waals surface area contributed by atoms with Gasteiger partial charge in [0.15, 0.2) is 5.96 Å². The van der Waals surface area contributed by atoms with E-state index in [-0.39, 0.29) is 0 Å². The lowest BCUT2D eigenvalue weighted by atomic mass is 10.3. The van der Waals surface area contributed by atoms with E-state index in [9.17, 15) is 0 Å². The van der Waals surface area contributed by atoms with Gasteiger partial charge in [-0.3, -0.25) is 9.67 Å². The van der Waals surface area contributed by atoms with E-state index < -0.39 is 0 Å². The van der Waals surface area contributed by atoms with Gasteiger partial charge in [0.05, 0.1) is 6.20 Å². The molecular weight excluding hydrogens is 202 g/mol. The Morgan fingerprint density at radius 3 is 2.88 bits per heavy atom. The third kappa shape index (κ3) is 3.92. The SMILES string of the molecule is CCC(C)NC(=NC)NCc1cnn(C)c1. The molecule has 1 rings (SSSR count). The predicted molar refractivity (Wildman–Crippen MR) is 66.3 cm³/mol. The highest BCUT2D eigenvalue weighted by Crippen LogP contribution is 1.95. The normalized spacial score (nSPS) is 13.6. The van der Waals surface area contributed by atoms with E-state index in [4.69, 9.17) is 0 Å². The van der Waals surface area contributed by atoms with Gasteiger partial charge in [-0.25, -0.2) is 0 Å². The van der Waals surface area contributed by atoms with Crippen molar-refractivity contribution in [2.45, 2.75) is 32.9 Å². The highest BCUT2D eigenvalue weighted by Gasteiger charge is 2.03. The van der Waals surface area contributed by atoms with Crippen molar-refractivity contribution in [1.82, 2.24) is 20.4 Å². The van der Waals surface area contributed by atoms with E-state index in [0.29, 0.717) is 6.04 Å². The van der Waals surface area contributed by atoms with Crippen LogP contribution in [0.15, 0.2) is 17.4 Å². The standard InChI is InChI=1S/C11H21N5/c1-5-9(2)15-11(12-3)13-6-10-7-14-16(4)8-10/h7-9H,5-6H2,1-4H3,(H2,12,13,15). The zero-order valence-corrected chi connectivity index (χ0v) is 10.5. The van der Waals surface area contributed by atoms with E-state index >= 15 is 0 Å². The van der Waals surface area contributed by atoms with Crippen molar-refractivity contribution in [2.75, 3.05) is 7.05 Å². The fraction of sp³-hybridized carbons (Fsp3) is 0.636. The average molecular weight is 223 g/mol. The molecule has 1 heterocycles. The maximum atomic E-state index is 4.17. The molecule has 16 heavy (non-hydrogen) atoms. The van der Waals surface area contributed by atoms with E-state index in [1.54, 1.807) is 11.7 Å². The lowest BCUT2D eigenvalue weighted by Crippen LogP contribution is -2.41. The molecule has 0 aliphatic carbocycles. The molecule has 0 aliphatic heterocycles. The van der Waals surface area contributed by atoms with Gasteiger partial charge in [0.25, 0.3) is 0 Å². The maximum absolute atomic E-state index is 4.17. The molecule has 1 aromatic heterocycles. The number of hydrogen-bond donors (Lipinski definition) is 2. The van der Waals surface area contributed by atoms with Crippen LogP contribution in [0.4, 0.5) is 0 Å². The summed E-state index contributed by atoms with van der Waals surface area (Å²) >= 11 is 0. The Bertz CT molecular complexity index is 342. The third-order valence-electron chi connectivity index (χ3n) is 2.44. The quantitative estimate of drug-likeness (QED) is 0.588. The molecule has 0 aliphatic rings. The number of guanidine groups is 1. The lowest BCUT2D eigenvalue weighted by molar-refractivity contribution is 0.624. The molecule has 0 spiro atoms. The largest absolute Gasteiger partial charge is 0.354 e. The Morgan fingerprint density at radius 2 is 2.38 bits per heavy atom. The van der Waals surface area contributed by atoms with Crippen LogP contribution in [-0.2, 0) is 13.6 Å². The van der Waals surface area contributed by atoms with Gasteiger partial charge in [-0.05, 0) is 13.3 Å². The van der Waals surface area contributed by atoms with Gasteiger partial charge in [0.2, 0.25) is 0 Å². The summed E-state index contributed by atoms with van der Waals surface area (Å²) in [5.41, 5.74) is 1.15. The summed E-state index contributed by atoms with van der Waals surface area (Å²) < 4.78 is 1.79. The van der Waals surface area contributed by atoms with Gasteiger partial charge < -0.3 is 10.6 Å². The fourth-order valence-electron chi connectivity index (χ4n) is 1.28. The minimum Gasteiger partial charge on any atom is -0.354 e. The van der Waals surface area contributed by atoms with Crippen molar-refractivity contribution < 1.29 is 0 Å². The predicted octanol–water partition coefficient (Wildman–Crippen LogP) is 0.884. The van der Waals surface area contributed by atoms with E-state index in [1.165, 1.54) is 0 Å². The van der Waals surface area contributed by atoms with Crippen molar-refractivity contribution in [2.24, 2.45) is 12.0 Å². The summed E-state index contributed by atoms with van der Waals surface area (Å²) in [5, 5.41) is 10.7. The smallest absolute Gasteiger partial charge is 0.191 e. The zero-order chi connectivity index (χ0) is 12.0. The van der Waals surface area contributed by atoms with Gasteiger partial charge in [-0.1, -0.05) is 6.92 Å². The van der Waals surface area contributed by atoms with Crippen LogP contribution in [0, 0.1) is 0 Å². The second-order valence-electron chi connectivity index (χ2n) is 3.90. The first kappa shape index (κ1) is 12.5. The van der Waals surface area contributed by atoms with Crippen LogP contribution < -0.4 is 10.6 Å². The number of hydrogen-bond acceptors (Lipinski definition) is 2. The second-order valence-corrected chi connectivity index (χ2v) is 3.90. The minimum absolute atomic E-state index is 0.431. The number of rotatable bonds is 4. The summed E-state index contributed by atoms with van der Waals surface area (Å²) in [7, 11) is 3.69. The minimum atomic E-state index is 0.431. The first-order valence-electron chi connectivity index (χ1n) is 5.60. The number of nitrogens with one attached hydrogen (secondary N) is 2. The molecule has 1 aromatic rings. The van der Waals surface area contributed by atoms with Crippen molar-refractivity contribution in [1.29, 1.82) is 0 Å². The van der Waals surface area contributed by atoms with Crippen LogP contribution in [-0.4, -0.2) is 28.8 Å². The summed E-state index contributed by atoms with van der Waals surface area (Å²) in [4.78, 5) is 4.17. The molecule has 5 heteroatoms. The number of aliphatic imine (C=N–C) groups is 1. The van der Waals surface area contributed by atoms with Crippen LogP contribution in [0.2, 0.25) is 0 Å². The topological polar surface area (TPSA) is 54.2 Å². The summed E-state index contributed by atoms with van der Waals surface area (Å²) in [6.07, 6.45) is 4.92. The maximum Gasteiger partial charge on any atom is 0.191 e. The second kappa shape index (κ2) is 6.15. The van der Waals surface area contributed by atoms with Crippen LogP contribution in [0.1, 0.15) is 25.8 Å². The molecule has 0 fully saturated rings. The monoisotopic (exact) mass is 223 g/mol. The van der Waals surface area contributed by atoms with Crippen LogP contribution in [0.5, 0.6) is 0 Å². The molecule has 1 atom stereocenters. The summed E-state index contributed by atoms with van der Waals surface area (Å²) in [6.45, 7) is 5.02. The average Bonchev–Trinajstić information content (AvgIpc) is 2.69. The van der Waals surface area contributed by atoms with Crippen LogP contribution in [0.3, 0.4) is 0 Å². The van der Waals surface area contributed by atoms with Gasteiger partial charge in [0, 0.05) is 38.4 Å². The molecule has 0 radical (unpaired) electrons. The highest BCUT2D eigenvalue weighted by atomic mass is 15.2. The highest BCUT2D eigenvalue weighted by molar-refractivity contribution is 5.79. The molecule has 0 aromatic carbocycles.